The first-order valence-corrected chi connectivity index (χ1v) is 6.69. The van der Waals surface area contributed by atoms with E-state index in [9.17, 15) is 18.9 Å². The monoisotopic (exact) mass is 357 g/mol. The number of hydrogen-bond donors (Lipinski definition) is 0. The van der Waals surface area contributed by atoms with E-state index in [-0.39, 0.29) is 27.2 Å². The Kier molecular flexibility index (Phi) is 4.52. The second-order valence-electron chi connectivity index (χ2n) is 4.24. The van der Waals surface area contributed by atoms with E-state index in [0.717, 1.165) is 0 Å². The molecule has 0 heterocycles. The molecule has 4 nitrogen and oxygen atoms in total. The van der Waals surface area contributed by atoms with Crippen LogP contribution in [0.2, 0.25) is 0 Å². The summed E-state index contributed by atoms with van der Waals surface area (Å²) in [5, 5.41) is 11.2. The topological polar surface area (TPSA) is 52.4 Å². The van der Waals surface area contributed by atoms with Gasteiger partial charge in [-0.2, -0.15) is 0 Å². The van der Waals surface area contributed by atoms with Gasteiger partial charge in [-0.25, -0.2) is 8.78 Å². The van der Waals surface area contributed by atoms with E-state index in [0.29, 0.717) is 5.56 Å². The molecule has 0 saturated heterocycles. The minimum absolute atomic E-state index is 0.0533. The summed E-state index contributed by atoms with van der Waals surface area (Å²) in [5.74, 6) is -0.153. The fourth-order valence-corrected chi connectivity index (χ4v) is 2.27. The van der Waals surface area contributed by atoms with Crippen molar-refractivity contribution >= 4 is 21.6 Å². The van der Waals surface area contributed by atoms with Crippen LogP contribution in [0.4, 0.5) is 14.5 Å². The van der Waals surface area contributed by atoms with Crippen LogP contribution in [0.5, 0.6) is 11.5 Å². The van der Waals surface area contributed by atoms with Crippen molar-refractivity contribution in [1.29, 1.82) is 0 Å². The lowest BCUT2D eigenvalue weighted by Gasteiger charge is -2.13. The van der Waals surface area contributed by atoms with Gasteiger partial charge in [0.25, 0.3) is 6.43 Å². The highest BCUT2D eigenvalue weighted by Crippen LogP contribution is 2.41. The Morgan fingerprint density at radius 2 is 1.90 bits per heavy atom. The largest absolute Gasteiger partial charge is 0.449 e. The number of aryl methyl sites for hydroxylation is 1. The normalized spacial score (nSPS) is 10.7. The Hall–Kier alpha value is -2.02. The molecule has 0 bridgehead atoms. The van der Waals surface area contributed by atoms with E-state index < -0.39 is 11.3 Å². The summed E-state index contributed by atoms with van der Waals surface area (Å²) in [4.78, 5) is 10.5. The molecule has 21 heavy (non-hydrogen) atoms. The molecule has 2 aromatic carbocycles. The summed E-state index contributed by atoms with van der Waals surface area (Å²) in [6.07, 6.45) is -2.73. The molecule has 0 amide bonds. The molecule has 0 unspecified atom stereocenters. The van der Waals surface area contributed by atoms with Crippen molar-refractivity contribution in [2.24, 2.45) is 0 Å². The minimum Gasteiger partial charge on any atom is -0.449 e. The lowest BCUT2D eigenvalue weighted by Crippen LogP contribution is -1.99. The summed E-state index contributed by atoms with van der Waals surface area (Å²) in [6, 6.07) is 8.68. The van der Waals surface area contributed by atoms with Crippen LogP contribution in [0.3, 0.4) is 0 Å². The molecule has 0 spiro atoms. The van der Waals surface area contributed by atoms with E-state index in [1.807, 2.05) is 0 Å². The van der Waals surface area contributed by atoms with Crippen LogP contribution in [-0.2, 0) is 0 Å². The SMILES string of the molecule is Cc1ccc(Br)c([N+](=O)[O-])c1Oc1ccccc1C(F)F. The molecule has 0 fully saturated rings. The third kappa shape index (κ3) is 3.18. The summed E-state index contributed by atoms with van der Waals surface area (Å²) in [7, 11) is 0. The van der Waals surface area contributed by atoms with Gasteiger partial charge in [0.2, 0.25) is 5.75 Å². The smallest absolute Gasteiger partial charge is 0.325 e. The molecule has 0 saturated carbocycles. The van der Waals surface area contributed by atoms with E-state index >= 15 is 0 Å². The van der Waals surface area contributed by atoms with Crippen LogP contribution >= 0.6 is 15.9 Å². The van der Waals surface area contributed by atoms with Gasteiger partial charge < -0.3 is 4.74 Å². The number of benzene rings is 2. The lowest BCUT2D eigenvalue weighted by molar-refractivity contribution is -0.386. The van der Waals surface area contributed by atoms with Gasteiger partial charge in [0.15, 0.2) is 0 Å². The second kappa shape index (κ2) is 6.17. The highest BCUT2D eigenvalue weighted by molar-refractivity contribution is 9.10. The molecular formula is C14H10BrF2NO3. The van der Waals surface area contributed by atoms with Gasteiger partial charge in [-0.3, -0.25) is 10.1 Å². The van der Waals surface area contributed by atoms with Gasteiger partial charge in [0.05, 0.1) is 15.0 Å². The predicted octanol–water partition coefficient (Wildman–Crippen LogP) is 5.40. The number of para-hydroxylation sites is 1. The molecule has 7 heteroatoms. The van der Waals surface area contributed by atoms with Gasteiger partial charge in [-0.1, -0.05) is 18.2 Å². The number of nitrogens with zero attached hydrogens (tertiary/aromatic N) is 1. The van der Waals surface area contributed by atoms with E-state index in [4.69, 9.17) is 4.74 Å². The zero-order chi connectivity index (χ0) is 15.6. The molecule has 0 aliphatic heterocycles. The van der Waals surface area contributed by atoms with Gasteiger partial charge in [-0.15, -0.1) is 0 Å². The first-order valence-electron chi connectivity index (χ1n) is 5.90. The molecule has 0 aliphatic carbocycles. The highest BCUT2D eigenvalue weighted by atomic mass is 79.9. The quantitative estimate of drug-likeness (QED) is 0.544. The third-order valence-electron chi connectivity index (χ3n) is 2.83. The minimum atomic E-state index is -2.73. The molecule has 0 aliphatic rings. The maximum atomic E-state index is 12.9. The Morgan fingerprint density at radius 3 is 2.52 bits per heavy atom. The molecule has 0 N–H and O–H groups in total. The number of halogens is 3. The first-order chi connectivity index (χ1) is 9.91. The van der Waals surface area contributed by atoms with Crippen LogP contribution in [0.15, 0.2) is 40.9 Å². The second-order valence-corrected chi connectivity index (χ2v) is 5.09. The van der Waals surface area contributed by atoms with Crippen molar-refractivity contribution in [3.63, 3.8) is 0 Å². The first kappa shape index (κ1) is 15.4. The average Bonchev–Trinajstić information content (AvgIpc) is 2.43. The Labute approximate surface area is 127 Å². The van der Waals surface area contributed by atoms with Crippen molar-refractivity contribution in [3.8, 4) is 11.5 Å². The zero-order valence-electron chi connectivity index (χ0n) is 10.8. The van der Waals surface area contributed by atoms with Gasteiger partial charge >= 0.3 is 5.69 Å². The van der Waals surface area contributed by atoms with Crippen LogP contribution in [0, 0.1) is 17.0 Å². The Balaban J connectivity index is 2.55. The number of alkyl halides is 2. The fourth-order valence-electron chi connectivity index (χ4n) is 1.81. The molecule has 0 atom stereocenters. The maximum Gasteiger partial charge on any atom is 0.325 e. The number of hydrogen-bond acceptors (Lipinski definition) is 3. The van der Waals surface area contributed by atoms with Crippen LogP contribution in [-0.4, -0.2) is 4.92 Å². The van der Waals surface area contributed by atoms with Gasteiger partial charge in [-0.05, 0) is 46.6 Å². The van der Waals surface area contributed by atoms with Crippen LogP contribution in [0.1, 0.15) is 17.6 Å². The summed E-state index contributed by atoms with van der Waals surface area (Å²) >= 11 is 3.07. The molecule has 110 valence electrons. The summed E-state index contributed by atoms with van der Waals surface area (Å²) < 4.78 is 31.5. The average molecular weight is 358 g/mol. The predicted molar refractivity (Wildman–Crippen MR) is 77.0 cm³/mol. The summed E-state index contributed by atoms with van der Waals surface area (Å²) in [5.41, 5.74) is -0.126. The highest BCUT2D eigenvalue weighted by Gasteiger charge is 2.24. The van der Waals surface area contributed by atoms with Crippen LogP contribution in [0.25, 0.3) is 0 Å². The molecular weight excluding hydrogens is 348 g/mol. The number of nitro groups is 1. The van der Waals surface area contributed by atoms with Crippen LogP contribution < -0.4 is 4.74 Å². The number of ether oxygens (including phenoxy) is 1. The lowest BCUT2D eigenvalue weighted by atomic mass is 10.1. The summed E-state index contributed by atoms with van der Waals surface area (Å²) in [6.45, 7) is 1.61. The zero-order valence-corrected chi connectivity index (χ0v) is 12.4. The van der Waals surface area contributed by atoms with Gasteiger partial charge in [0.1, 0.15) is 5.75 Å². The van der Waals surface area contributed by atoms with Gasteiger partial charge in [0, 0.05) is 0 Å². The van der Waals surface area contributed by atoms with E-state index in [1.165, 1.54) is 30.3 Å². The molecule has 2 aromatic rings. The van der Waals surface area contributed by atoms with Crippen molar-refractivity contribution in [2.45, 2.75) is 13.3 Å². The number of rotatable bonds is 4. The number of nitro benzene ring substituents is 1. The maximum absolute atomic E-state index is 12.9. The molecule has 0 radical (unpaired) electrons. The van der Waals surface area contributed by atoms with Crippen molar-refractivity contribution in [2.75, 3.05) is 0 Å². The van der Waals surface area contributed by atoms with E-state index in [2.05, 4.69) is 15.9 Å². The third-order valence-corrected chi connectivity index (χ3v) is 3.47. The Morgan fingerprint density at radius 1 is 1.24 bits per heavy atom. The van der Waals surface area contributed by atoms with E-state index in [1.54, 1.807) is 13.0 Å². The molecule has 0 aromatic heterocycles. The fraction of sp³-hybridized carbons (Fsp3) is 0.143. The van der Waals surface area contributed by atoms with Crippen molar-refractivity contribution < 1.29 is 18.4 Å². The van der Waals surface area contributed by atoms with Crippen molar-refractivity contribution in [1.82, 2.24) is 0 Å². The van der Waals surface area contributed by atoms with Crippen molar-refractivity contribution in [3.05, 3.63) is 62.1 Å². The Bertz CT molecular complexity index is 692. The standard InChI is InChI=1S/C14H10BrF2NO3/c1-8-6-7-10(15)12(18(19)20)13(8)21-11-5-3-2-4-9(11)14(16)17/h2-7,14H,1H3. The molecule has 2 rings (SSSR count).